The average molecular weight is 324 g/mol. The molecule has 0 aromatic heterocycles. The average Bonchev–Trinajstić information content (AvgIpc) is 2.57. The van der Waals surface area contributed by atoms with Crippen molar-refractivity contribution in [2.75, 3.05) is 66.0 Å². The van der Waals surface area contributed by atoms with Crippen molar-refractivity contribution in [2.45, 2.75) is 6.04 Å². The predicted octanol–water partition coefficient (Wildman–Crippen LogP) is 1.16. The van der Waals surface area contributed by atoms with Crippen LogP contribution in [0, 0.1) is 11.6 Å². The highest BCUT2D eigenvalue weighted by molar-refractivity contribution is 5.23. The summed E-state index contributed by atoms with van der Waals surface area (Å²) in [4.78, 5) is 6.93. The molecular formula is C17H26F2N4. The molecule has 1 atom stereocenters. The molecule has 2 aliphatic rings. The second kappa shape index (κ2) is 7.66. The maximum atomic E-state index is 14.4. The highest BCUT2D eigenvalue weighted by Crippen LogP contribution is 2.26. The van der Waals surface area contributed by atoms with E-state index in [2.05, 4.69) is 27.1 Å². The molecule has 0 radical (unpaired) electrons. The molecule has 1 aromatic carbocycles. The Balaban J connectivity index is 1.81. The van der Waals surface area contributed by atoms with E-state index >= 15 is 0 Å². The lowest BCUT2D eigenvalue weighted by atomic mass is 10.0. The van der Waals surface area contributed by atoms with Crippen LogP contribution < -0.4 is 5.32 Å². The van der Waals surface area contributed by atoms with Gasteiger partial charge in [0.15, 0.2) is 0 Å². The molecule has 2 heterocycles. The maximum Gasteiger partial charge on any atom is 0.128 e. The number of hydrogen-bond acceptors (Lipinski definition) is 4. The molecule has 6 heteroatoms. The lowest BCUT2D eigenvalue weighted by Gasteiger charge is -2.41. The van der Waals surface area contributed by atoms with Gasteiger partial charge in [-0.05, 0) is 25.2 Å². The number of hydrogen-bond donors (Lipinski definition) is 1. The van der Waals surface area contributed by atoms with E-state index in [-0.39, 0.29) is 17.7 Å². The first-order chi connectivity index (χ1) is 11.1. The topological polar surface area (TPSA) is 21.8 Å². The van der Waals surface area contributed by atoms with Gasteiger partial charge in [-0.1, -0.05) is 0 Å². The van der Waals surface area contributed by atoms with Crippen LogP contribution in [-0.2, 0) is 0 Å². The zero-order chi connectivity index (χ0) is 16.2. The Morgan fingerprint density at radius 2 is 1.74 bits per heavy atom. The van der Waals surface area contributed by atoms with Gasteiger partial charge in [-0.15, -0.1) is 0 Å². The third kappa shape index (κ3) is 4.26. The molecule has 0 saturated carbocycles. The lowest BCUT2D eigenvalue weighted by Crippen LogP contribution is -2.51. The van der Waals surface area contributed by atoms with Crippen molar-refractivity contribution in [3.8, 4) is 0 Å². The van der Waals surface area contributed by atoms with Crippen molar-refractivity contribution in [1.29, 1.82) is 0 Å². The van der Waals surface area contributed by atoms with Crippen molar-refractivity contribution in [3.05, 3.63) is 35.4 Å². The fourth-order valence-corrected chi connectivity index (χ4v) is 3.45. The summed E-state index contributed by atoms with van der Waals surface area (Å²) in [5.41, 5.74) is 0.494. The summed E-state index contributed by atoms with van der Waals surface area (Å²) >= 11 is 0. The molecule has 2 fully saturated rings. The van der Waals surface area contributed by atoms with Gasteiger partial charge in [-0.25, -0.2) is 8.78 Å². The van der Waals surface area contributed by atoms with Crippen LogP contribution in [-0.4, -0.2) is 80.7 Å². The number of halogens is 2. The van der Waals surface area contributed by atoms with Crippen LogP contribution in [0.15, 0.2) is 18.2 Å². The van der Waals surface area contributed by atoms with Gasteiger partial charge in [0.2, 0.25) is 0 Å². The summed E-state index contributed by atoms with van der Waals surface area (Å²) in [5, 5.41) is 3.34. The Morgan fingerprint density at radius 1 is 1.04 bits per heavy atom. The number of piperazine rings is 2. The van der Waals surface area contributed by atoms with E-state index in [1.54, 1.807) is 0 Å². The first-order valence-corrected chi connectivity index (χ1v) is 8.44. The van der Waals surface area contributed by atoms with Gasteiger partial charge < -0.3 is 10.2 Å². The van der Waals surface area contributed by atoms with Crippen molar-refractivity contribution < 1.29 is 8.78 Å². The highest BCUT2D eigenvalue weighted by Gasteiger charge is 2.28. The van der Waals surface area contributed by atoms with E-state index in [1.807, 2.05) is 0 Å². The van der Waals surface area contributed by atoms with E-state index in [0.29, 0.717) is 5.56 Å². The molecule has 0 spiro atoms. The van der Waals surface area contributed by atoms with Gasteiger partial charge in [-0.2, -0.15) is 0 Å². The second-order valence-electron chi connectivity index (χ2n) is 6.57. The van der Waals surface area contributed by atoms with Crippen LogP contribution in [0.25, 0.3) is 0 Å². The smallest absolute Gasteiger partial charge is 0.128 e. The van der Waals surface area contributed by atoms with E-state index in [4.69, 9.17) is 0 Å². The monoisotopic (exact) mass is 324 g/mol. The third-order valence-electron chi connectivity index (χ3n) is 4.94. The lowest BCUT2D eigenvalue weighted by molar-refractivity contribution is 0.0798. The van der Waals surface area contributed by atoms with Crippen LogP contribution >= 0.6 is 0 Å². The number of rotatable bonds is 4. The molecule has 23 heavy (non-hydrogen) atoms. The molecule has 0 bridgehead atoms. The number of benzene rings is 1. The van der Waals surface area contributed by atoms with Crippen molar-refractivity contribution in [3.63, 3.8) is 0 Å². The Morgan fingerprint density at radius 3 is 2.43 bits per heavy atom. The normalized spacial score (nSPS) is 23.1. The molecule has 1 aromatic rings. The van der Waals surface area contributed by atoms with Gasteiger partial charge in [0.1, 0.15) is 11.6 Å². The summed E-state index contributed by atoms with van der Waals surface area (Å²) < 4.78 is 28.1. The quantitative estimate of drug-likeness (QED) is 0.897. The Bertz CT molecular complexity index is 511. The van der Waals surface area contributed by atoms with Gasteiger partial charge in [0.05, 0.1) is 6.04 Å². The van der Waals surface area contributed by atoms with E-state index in [1.165, 1.54) is 18.2 Å². The SMILES string of the molecule is CN1CCN(C(CN2CCNCC2)c2cc(F)ccc2F)CC1. The van der Waals surface area contributed by atoms with Crippen LogP contribution in [0.4, 0.5) is 8.78 Å². The number of nitrogens with one attached hydrogen (secondary N) is 1. The fourth-order valence-electron chi connectivity index (χ4n) is 3.45. The van der Waals surface area contributed by atoms with Crippen molar-refractivity contribution in [2.24, 2.45) is 0 Å². The predicted molar refractivity (Wildman–Crippen MR) is 87.5 cm³/mol. The molecule has 1 N–H and O–H groups in total. The minimum Gasteiger partial charge on any atom is -0.314 e. The Hall–Kier alpha value is -1.08. The zero-order valence-electron chi connectivity index (χ0n) is 13.8. The number of likely N-dealkylation sites (N-methyl/N-ethyl adjacent to an activating group) is 1. The van der Waals surface area contributed by atoms with Gasteiger partial charge in [0, 0.05) is 64.5 Å². The third-order valence-corrected chi connectivity index (χ3v) is 4.94. The Kier molecular flexibility index (Phi) is 5.58. The van der Waals surface area contributed by atoms with E-state index in [9.17, 15) is 8.78 Å². The molecule has 2 aliphatic heterocycles. The Labute approximate surface area is 137 Å². The molecular weight excluding hydrogens is 298 g/mol. The minimum atomic E-state index is -0.360. The van der Waals surface area contributed by atoms with Crippen molar-refractivity contribution >= 4 is 0 Å². The molecule has 4 nitrogen and oxygen atoms in total. The highest BCUT2D eigenvalue weighted by atomic mass is 19.1. The van der Waals surface area contributed by atoms with Gasteiger partial charge in [-0.3, -0.25) is 9.80 Å². The van der Waals surface area contributed by atoms with Gasteiger partial charge in [0.25, 0.3) is 0 Å². The minimum absolute atomic E-state index is 0.0856. The zero-order valence-corrected chi connectivity index (χ0v) is 13.8. The van der Waals surface area contributed by atoms with E-state index < -0.39 is 0 Å². The summed E-state index contributed by atoms with van der Waals surface area (Å²) in [6.07, 6.45) is 0. The summed E-state index contributed by atoms with van der Waals surface area (Å²) in [7, 11) is 2.10. The maximum absolute atomic E-state index is 14.4. The fraction of sp³-hybridized carbons (Fsp3) is 0.647. The summed E-state index contributed by atoms with van der Waals surface area (Å²) in [6, 6.07) is 3.74. The van der Waals surface area contributed by atoms with Crippen molar-refractivity contribution in [1.82, 2.24) is 20.0 Å². The second-order valence-corrected chi connectivity index (χ2v) is 6.57. The molecule has 128 valence electrons. The largest absolute Gasteiger partial charge is 0.314 e. The van der Waals surface area contributed by atoms with Crippen LogP contribution in [0.2, 0.25) is 0 Å². The standard InChI is InChI=1S/C17H26F2N4/c1-21-8-10-23(11-9-21)17(13-22-6-4-20-5-7-22)15-12-14(18)2-3-16(15)19/h2-3,12,17,20H,4-11,13H2,1H3. The summed E-state index contributed by atoms with van der Waals surface area (Å²) in [5.74, 6) is -0.661. The number of nitrogens with zero attached hydrogens (tertiary/aromatic N) is 3. The summed E-state index contributed by atoms with van der Waals surface area (Å²) in [6.45, 7) is 8.31. The van der Waals surface area contributed by atoms with Crippen LogP contribution in [0.5, 0.6) is 0 Å². The molecule has 0 amide bonds. The van der Waals surface area contributed by atoms with E-state index in [0.717, 1.165) is 58.9 Å². The molecule has 1 unspecified atom stereocenters. The van der Waals surface area contributed by atoms with Crippen LogP contribution in [0.1, 0.15) is 11.6 Å². The molecule has 3 rings (SSSR count). The first kappa shape index (κ1) is 16.8. The van der Waals surface area contributed by atoms with Gasteiger partial charge >= 0.3 is 0 Å². The first-order valence-electron chi connectivity index (χ1n) is 8.44. The van der Waals surface area contributed by atoms with Crippen LogP contribution in [0.3, 0.4) is 0 Å². The molecule has 2 saturated heterocycles. The molecule has 0 aliphatic carbocycles.